The molecule has 0 saturated carbocycles. The molecule has 0 aliphatic carbocycles. The molecule has 0 fully saturated rings. The number of ether oxygens (including phenoxy) is 2. The Morgan fingerprint density at radius 1 is 1.21 bits per heavy atom. The van der Waals surface area contributed by atoms with Gasteiger partial charge in [0.15, 0.2) is 0 Å². The van der Waals surface area contributed by atoms with Crippen LogP contribution in [0.4, 0.5) is 4.39 Å². The van der Waals surface area contributed by atoms with Crippen molar-refractivity contribution in [2.75, 3.05) is 13.2 Å². The molecule has 1 unspecified atom stereocenters. The third-order valence-corrected chi connectivity index (χ3v) is 4.05. The first kappa shape index (κ1) is 17.9. The van der Waals surface area contributed by atoms with E-state index in [2.05, 4.69) is 5.32 Å². The number of nitrogens with one attached hydrogen (secondary N) is 1. The van der Waals surface area contributed by atoms with Gasteiger partial charge in [0.05, 0.1) is 12.5 Å². The molecule has 0 bridgehead atoms. The summed E-state index contributed by atoms with van der Waals surface area (Å²) in [7, 11) is 0. The van der Waals surface area contributed by atoms with Gasteiger partial charge in [0.25, 0.3) is 0 Å². The average Bonchev–Trinajstić information content (AvgIpc) is 3.06. The van der Waals surface area contributed by atoms with Crippen LogP contribution in [0.25, 0.3) is 0 Å². The van der Waals surface area contributed by atoms with E-state index < -0.39 is 12.0 Å². The molecule has 1 aromatic carbocycles. The third-order valence-electron chi connectivity index (χ3n) is 3.06. The topological polar surface area (TPSA) is 64.6 Å². The molecule has 2 aromatic rings. The summed E-state index contributed by atoms with van der Waals surface area (Å²) in [6.07, 6.45) is 0.0522. The molecule has 5 nitrogen and oxygen atoms in total. The second kappa shape index (κ2) is 9.02. The number of carbonyl (C=O) groups is 2. The van der Waals surface area contributed by atoms with Gasteiger partial charge in [-0.2, -0.15) is 0 Å². The van der Waals surface area contributed by atoms with E-state index in [1.165, 1.54) is 42.5 Å². The number of esters is 1. The van der Waals surface area contributed by atoms with Crippen molar-refractivity contribution in [3.63, 3.8) is 0 Å². The van der Waals surface area contributed by atoms with Gasteiger partial charge in [0.2, 0.25) is 5.91 Å². The van der Waals surface area contributed by atoms with Crippen molar-refractivity contribution in [2.45, 2.75) is 19.4 Å². The van der Waals surface area contributed by atoms with Crippen molar-refractivity contribution < 1.29 is 23.5 Å². The van der Waals surface area contributed by atoms with E-state index in [1.807, 2.05) is 17.5 Å². The van der Waals surface area contributed by atoms with Crippen molar-refractivity contribution in [1.29, 1.82) is 0 Å². The van der Waals surface area contributed by atoms with E-state index in [0.29, 0.717) is 5.75 Å². The van der Waals surface area contributed by atoms with Gasteiger partial charge in [0.1, 0.15) is 24.8 Å². The molecule has 128 valence electrons. The molecule has 1 atom stereocenters. The number of rotatable bonds is 8. The lowest BCUT2D eigenvalue weighted by Crippen LogP contribution is -2.28. The fraction of sp³-hybridized carbons (Fsp3) is 0.294. The lowest BCUT2D eigenvalue weighted by atomic mass is 10.1. The Kier molecular flexibility index (Phi) is 6.74. The number of thiophene rings is 1. The first-order valence-electron chi connectivity index (χ1n) is 7.39. The van der Waals surface area contributed by atoms with Gasteiger partial charge >= 0.3 is 5.97 Å². The molecular formula is C17H18FNO4S. The second-order valence-electron chi connectivity index (χ2n) is 5.00. The minimum absolute atomic E-state index is 0.0522. The van der Waals surface area contributed by atoms with E-state index in [1.54, 1.807) is 0 Å². The maximum Gasteiger partial charge on any atom is 0.308 e. The summed E-state index contributed by atoms with van der Waals surface area (Å²) in [4.78, 5) is 24.1. The van der Waals surface area contributed by atoms with Gasteiger partial charge in [-0.25, -0.2) is 4.39 Å². The van der Waals surface area contributed by atoms with Gasteiger partial charge < -0.3 is 14.8 Å². The number of hydrogen-bond acceptors (Lipinski definition) is 5. The van der Waals surface area contributed by atoms with Crippen LogP contribution < -0.4 is 10.1 Å². The molecule has 0 saturated heterocycles. The molecule has 24 heavy (non-hydrogen) atoms. The molecule has 7 heteroatoms. The highest BCUT2D eigenvalue weighted by atomic mass is 32.1. The maximum absolute atomic E-state index is 12.8. The first-order chi connectivity index (χ1) is 11.5. The lowest BCUT2D eigenvalue weighted by Gasteiger charge is -2.15. The van der Waals surface area contributed by atoms with Gasteiger partial charge in [-0.15, -0.1) is 11.3 Å². The molecule has 2 rings (SSSR count). The van der Waals surface area contributed by atoms with Crippen LogP contribution in [0.2, 0.25) is 0 Å². The Balaban J connectivity index is 1.74. The molecule has 0 radical (unpaired) electrons. The third kappa shape index (κ3) is 6.00. The zero-order chi connectivity index (χ0) is 17.4. The number of hydrogen-bond donors (Lipinski definition) is 1. The minimum atomic E-state index is -0.426. The smallest absolute Gasteiger partial charge is 0.308 e. The molecule has 1 N–H and O–H groups in total. The zero-order valence-electron chi connectivity index (χ0n) is 13.2. The Morgan fingerprint density at radius 2 is 1.96 bits per heavy atom. The summed E-state index contributed by atoms with van der Waals surface area (Å²) >= 11 is 1.46. The van der Waals surface area contributed by atoms with Crippen molar-refractivity contribution in [3.05, 3.63) is 52.5 Å². The molecule has 1 aromatic heterocycles. The van der Waals surface area contributed by atoms with E-state index >= 15 is 0 Å². The number of carbonyl (C=O) groups excluding carboxylic acids is 2. The van der Waals surface area contributed by atoms with Crippen LogP contribution in [0.1, 0.15) is 24.3 Å². The fourth-order valence-corrected chi connectivity index (χ4v) is 2.81. The van der Waals surface area contributed by atoms with Gasteiger partial charge in [0, 0.05) is 11.8 Å². The summed E-state index contributed by atoms with van der Waals surface area (Å²) in [5.74, 6) is -0.473. The summed E-state index contributed by atoms with van der Waals surface area (Å²) in [6.45, 7) is 1.65. The molecule has 1 heterocycles. The molecule has 0 aliphatic heterocycles. The minimum Gasteiger partial charge on any atom is -0.490 e. The molecule has 0 spiro atoms. The van der Waals surface area contributed by atoms with Gasteiger partial charge in [-0.1, -0.05) is 6.07 Å². The van der Waals surface area contributed by atoms with E-state index in [9.17, 15) is 14.0 Å². The predicted octanol–water partition coefficient (Wildman–Crippen LogP) is 3.08. The molecule has 0 aliphatic rings. The summed E-state index contributed by atoms with van der Waals surface area (Å²) < 4.78 is 23.2. The number of benzene rings is 1. The summed E-state index contributed by atoms with van der Waals surface area (Å²) in [5, 5.41) is 4.62. The van der Waals surface area contributed by atoms with Crippen LogP contribution in [-0.4, -0.2) is 25.1 Å². The quantitative estimate of drug-likeness (QED) is 0.586. The van der Waals surface area contributed by atoms with Crippen LogP contribution in [0.15, 0.2) is 41.8 Å². The van der Waals surface area contributed by atoms with Crippen molar-refractivity contribution in [1.82, 2.24) is 5.32 Å². The van der Waals surface area contributed by atoms with Crippen molar-refractivity contribution >= 4 is 23.2 Å². The first-order valence-corrected chi connectivity index (χ1v) is 8.27. The van der Waals surface area contributed by atoms with Gasteiger partial charge in [-0.3, -0.25) is 9.59 Å². The average molecular weight is 351 g/mol. The Morgan fingerprint density at radius 3 is 2.58 bits per heavy atom. The standard InChI is InChI=1S/C17H18FNO4S/c1-12(20)19-15(16-3-2-10-24-16)11-17(21)23-9-8-22-14-6-4-13(18)5-7-14/h2-7,10,15H,8-9,11H2,1H3,(H,19,20). The number of amides is 1. The van der Waals surface area contributed by atoms with Crippen molar-refractivity contribution in [2.24, 2.45) is 0 Å². The lowest BCUT2D eigenvalue weighted by molar-refractivity contribution is -0.145. The van der Waals surface area contributed by atoms with Crippen molar-refractivity contribution in [3.8, 4) is 5.75 Å². The van der Waals surface area contributed by atoms with Crippen LogP contribution in [0, 0.1) is 5.82 Å². The Labute approximate surface area is 143 Å². The van der Waals surface area contributed by atoms with E-state index in [4.69, 9.17) is 9.47 Å². The van der Waals surface area contributed by atoms with Crippen LogP contribution in [0.5, 0.6) is 5.75 Å². The highest BCUT2D eigenvalue weighted by Gasteiger charge is 2.18. The number of halogens is 1. The van der Waals surface area contributed by atoms with Crippen LogP contribution >= 0.6 is 11.3 Å². The Bertz CT molecular complexity index is 658. The monoisotopic (exact) mass is 351 g/mol. The van der Waals surface area contributed by atoms with E-state index in [0.717, 1.165) is 4.88 Å². The van der Waals surface area contributed by atoms with Crippen LogP contribution in [0.3, 0.4) is 0 Å². The maximum atomic E-state index is 12.8. The zero-order valence-corrected chi connectivity index (χ0v) is 14.0. The SMILES string of the molecule is CC(=O)NC(CC(=O)OCCOc1ccc(F)cc1)c1cccs1. The molecule has 1 amide bonds. The highest BCUT2D eigenvalue weighted by molar-refractivity contribution is 7.10. The second-order valence-corrected chi connectivity index (χ2v) is 5.97. The highest BCUT2D eigenvalue weighted by Crippen LogP contribution is 2.22. The van der Waals surface area contributed by atoms with Crippen LogP contribution in [-0.2, 0) is 14.3 Å². The normalized spacial score (nSPS) is 11.6. The summed E-state index contributed by atoms with van der Waals surface area (Å²) in [5.41, 5.74) is 0. The van der Waals surface area contributed by atoms with E-state index in [-0.39, 0.29) is 31.4 Å². The van der Waals surface area contributed by atoms with Gasteiger partial charge in [-0.05, 0) is 35.7 Å². The summed E-state index contributed by atoms with van der Waals surface area (Å²) in [6, 6.07) is 8.91. The predicted molar refractivity (Wildman–Crippen MR) is 88.3 cm³/mol. The fourth-order valence-electron chi connectivity index (χ4n) is 2.03. The molecular weight excluding hydrogens is 333 g/mol. The Hall–Kier alpha value is -2.41. The largest absolute Gasteiger partial charge is 0.490 e.